The monoisotopic (exact) mass is 388 g/mol. The van der Waals surface area contributed by atoms with Crippen molar-refractivity contribution >= 4 is 17.5 Å². The van der Waals surface area contributed by atoms with Crippen molar-refractivity contribution in [1.82, 2.24) is 5.32 Å². The molecule has 0 spiro atoms. The molecule has 1 aliphatic heterocycles. The smallest absolute Gasteiger partial charge is 0.227 e. The number of carbonyl (C=O) groups excluding carboxylic acids is 2. The molecule has 0 radical (unpaired) electrons. The maximum Gasteiger partial charge on any atom is 0.227 e. The Morgan fingerprint density at radius 3 is 2.25 bits per heavy atom. The van der Waals surface area contributed by atoms with E-state index in [-0.39, 0.29) is 35.9 Å². The summed E-state index contributed by atoms with van der Waals surface area (Å²) in [5, 5.41) is 6.01. The van der Waals surface area contributed by atoms with Gasteiger partial charge in [-0.15, -0.1) is 0 Å². The van der Waals surface area contributed by atoms with Crippen molar-refractivity contribution in [1.29, 1.82) is 0 Å². The van der Waals surface area contributed by atoms with Gasteiger partial charge in [-0.1, -0.05) is 0 Å². The van der Waals surface area contributed by atoms with E-state index in [0.717, 1.165) is 56.6 Å². The molecular formula is C22H32N2O4. The number of benzene rings is 1. The number of carbonyl (C=O) groups is 2. The summed E-state index contributed by atoms with van der Waals surface area (Å²) < 4.78 is 11.2. The fourth-order valence-electron chi connectivity index (χ4n) is 3.92. The van der Waals surface area contributed by atoms with Crippen LogP contribution in [-0.2, 0) is 14.3 Å². The molecule has 1 aromatic carbocycles. The van der Waals surface area contributed by atoms with Crippen LogP contribution in [0.5, 0.6) is 5.75 Å². The van der Waals surface area contributed by atoms with Gasteiger partial charge in [0.2, 0.25) is 11.8 Å². The van der Waals surface area contributed by atoms with Crippen LogP contribution in [0.15, 0.2) is 24.3 Å². The van der Waals surface area contributed by atoms with E-state index in [1.54, 1.807) is 0 Å². The Morgan fingerprint density at radius 1 is 1.04 bits per heavy atom. The third-order valence-electron chi connectivity index (χ3n) is 5.49. The van der Waals surface area contributed by atoms with Crippen LogP contribution in [0.4, 0.5) is 5.69 Å². The van der Waals surface area contributed by atoms with Crippen LogP contribution in [0.25, 0.3) is 0 Å². The number of rotatable bonds is 7. The van der Waals surface area contributed by atoms with Crippen LogP contribution >= 0.6 is 0 Å². The van der Waals surface area contributed by atoms with Crippen molar-refractivity contribution in [3.8, 4) is 5.75 Å². The molecule has 2 aliphatic rings. The van der Waals surface area contributed by atoms with Gasteiger partial charge in [-0.3, -0.25) is 9.59 Å². The van der Waals surface area contributed by atoms with E-state index in [9.17, 15) is 9.59 Å². The molecule has 2 fully saturated rings. The first-order valence-electron chi connectivity index (χ1n) is 10.5. The summed E-state index contributed by atoms with van der Waals surface area (Å²) >= 11 is 0. The highest BCUT2D eigenvalue weighted by molar-refractivity contribution is 5.92. The molecule has 1 saturated carbocycles. The van der Waals surface area contributed by atoms with Gasteiger partial charge in [0.1, 0.15) is 5.75 Å². The lowest BCUT2D eigenvalue weighted by Crippen LogP contribution is -2.38. The zero-order valence-corrected chi connectivity index (χ0v) is 16.9. The van der Waals surface area contributed by atoms with Crippen LogP contribution in [0.1, 0.15) is 52.4 Å². The van der Waals surface area contributed by atoms with Gasteiger partial charge in [-0.25, -0.2) is 0 Å². The van der Waals surface area contributed by atoms with Gasteiger partial charge >= 0.3 is 0 Å². The minimum absolute atomic E-state index is 0.0120. The summed E-state index contributed by atoms with van der Waals surface area (Å²) in [7, 11) is 0. The number of anilines is 1. The molecule has 1 atom stereocenters. The van der Waals surface area contributed by atoms with Crippen LogP contribution in [0.3, 0.4) is 0 Å². The fourth-order valence-corrected chi connectivity index (χ4v) is 3.92. The number of hydrogen-bond acceptors (Lipinski definition) is 4. The van der Waals surface area contributed by atoms with Crippen molar-refractivity contribution < 1.29 is 19.1 Å². The summed E-state index contributed by atoms with van der Waals surface area (Å²) in [5.74, 6) is 0.917. The molecule has 1 saturated heterocycles. The molecule has 1 heterocycles. The number of ether oxygens (including phenoxy) is 2. The van der Waals surface area contributed by atoms with Gasteiger partial charge in [0.25, 0.3) is 0 Å². The predicted molar refractivity (Wildman–Crippen MR) is 108 cm³/mol. The van der Waals surface area contributed by atoms with Crippen molar-refractivity contribution in [3.63, 3.8) is 0 Å². The zero-order chi connectivity index (χ0) is 19.9. The van der Waals surface area contributed by atoms with Crippen molar-refractivity contribution in [2.75, 3.05) is 18.5 Å². The Morgan fingerprint density at radius 2 is 1.68 bits per heavy atom. The molecule has 154 valence electrons. The maximum atomic E-state index is 12.5. The Labute approximate surface area is 167 Å². The second kappa shape index (κ2) is 9.92. The molecule has 1 aliphatic carbocycles. The number of hydrogen-bond donors (Lipinski definition) is 2. The molecule has 1 unspecified atom stereocenters. The minimum atomic E-state index is -0.0335. The van der Waals surface area contributed by atoms with Gasteiger partial charge in [-0.05, 0) is 76.6 Å². The topological polar surface area (TPSA) is 76.7 Å². The molecule has 0 aromatic heterocycles. The first kappa shape index (κ1) is 20.6. The van der Waals surface area contributed by atoms with Gasteiger partial charge in [0.15, 0.2) is 0 Å². The van der Waals surface area contributed by atoms with E-state index in [0.29, 0.717) is 6.54 Å². The van der Waals surface area contributed by atoms with E-state index in [1.807, 2.05) is 38.1 Å². The molecule has 1 aromatic rings. The zero-order valence-electron chi connectivity index (χ0n) is 16.9. The predicted octanol–water partition coefficient (Wildman–Crippen LogP) is 3.51. The lowest BCUT2D eigenvalue weighted by Gasteiger charge is -2.27. The van der Waals surface area contributed by atoms with Crippen LogP contribution in [0.2, 0.25) is 0 Å². The quantitative estimate of drug-likeness (QED) is 0.749. The summed E-state index contributed by atoms with van der Waals surface area (Å²) in [5.41, 5.74) is 0.775. The van der Waals surface area contributed by atoms with Gasteiger partial charge in [0.05, 0.1) is 12.2 Å². The third-order valence-corrected chi connectivity index (χ3v) is 5.49. The molecule has 2 N–H and O–H groups in total. The van der Waals surface area contributed by atoms with Gasteiger partial charge in [-0.2, -0.15) is 0 Å². The standard InChI is InChI=1S/C22H32N2O4/c1-15(2)28-19-11-9-18(10-12-19)24-22(26)17-7-5-16(6-8-17)21(25)23-14-20-4-3-13-27-20/h9-12,15-17,20H,3-8,13-14H2,1-2H3,(H,23,25)(H,24,26). The highest BCUT2D eigenvalue weighted by Crippen LogP contribution is 2.30. The number of amides is 2. The van der Waals surface area contributed by atoms with Crippen LogP contribution in [0, 0.1) is 11.8 Å². The summed E-state index contributed by atoms with van der Waals surface area (Å²) in [6.45, 7) is 5.37. The molecular weight excluding hydrogens is 356 g/mol. The van der Waals surface area contributed by atoms with Gasteiger partial charge in [0, 0.05) is 30.7 Å². The number of nitrogens with one attached hydrogen (secondary N) is 2. The molecule has 6 heteroatoms. The Balaban J connectivity index is 1.40. The molecule has 0 bridgehead atoms. The van der Waals surface area contributed by atoms with Crippen molar-refractivity contribution in [3.05, 3.63) is 24.3 Å². The third kappa shape index (κ3) is 5.96. The van der Waals surface area contributed by atoms with E-state index in [4.69, 9.17) is 9.47 Å². The van der Waals surface area contributed by atoms with Crippen molar-refractivity contribution in [2.24, 2.45) is 11.8 Å². The normalized spacial score (nSPS) is 24.8. The second-order valence-electron chi connectivity index (χ2n) is 8.11. The molecule has 28 heavy (non-hydrogen) atoms. The summed E-state index contributed by atoms with van der Waals surface area (Å²) in [4.78, 5) is 24.9. The Hall–Kier alpha value is -2.08. The van der Waals surface area contributed by atoms with Gasteiger partial charge < -0.3 is 20.1 Å². The second-order valence-corrected chi connectivity index (χ2v) is 8.11. The lowest BCUT2D eigenvalue weighted by atomic mass is 9.81. The Kier molecular flexibility index (Phi) is 7.31. The SMILES string of the molecule is CC(C)Oc1ccc(NC(=O)C2CCC(C(=O)NCC3CCCO3)CC2)cc1. The van der Waals surface area contributed by atoms with E-state index < -0.39 is 0 Å². The van der Waals surface area contributed by atoms with Crippen LogP contribution < -0.4 is 15.4 Å². The highest BCUT2D eigenvalue weighted by atomic mass is 16.5. The largest absolute Gasteiger partial charge is 0.491 e. The van der Waals surface area contributed by atoms with E-state index in [2.05, 4.69) is 10.6 Å². The van der Waals surface area contributed by atoms with Crippen LogP contribution in [-0.4, -0.2) is 37.2 Å². The lowest BCUT2D eigenvalue weighted by molar-refractivity contribution is -0.128. The average Bonchev–Trinajstić information content (AvgIpc) is 3.21. The van der Waals surface area contributed by atoms with E-state index in [1.165, 1.54) is 0 Å². The first-order valence-corrected chi connectivity index (χ1v) is 10.5. The minimum Gasteiger partial charge on any atom is -0.491 e. The van der Waals surface area contributed by atoms with Crippen molar-refractivity contribution in [2.45, 2.75) is 64.6 Å². The van der Waals surface area contributed by atoms with E-state index >= 15 is 0 Å². The Bertz CT molecular complexity index is 645. The molecule has 6 nitrogen and oxygen atoms in total. The first-order chi connectivity index (χ1) is 13.5. The highest BCUT2D eigenvalue weighted by Gasteiger charge is 2.30. The fraction of sp³-hybridized carbons (Fsp3) is 0.636. The maximum absolute atomic E-state index is 12.5. The average molecular weight is 389 g/mol. The summed E-state index contributed by atoms with van der Waals surface area (Å²) in [6, 6.07) is 7.45. The molecule has 2 amide bonds. The summed E-state index contributed by atoms with van der Waals surface area (Å²) in [6.07, 6.45) is 5.41. The molecule has 3 rings (SSSR count).